The molecule has 2 aromatic heterocycles. The van der Waals surface area contributed by atoms with Crippen molar-refractivity contribution in [3.63, 3.8) is 0 Å². The number of alkyl halides is 6. The van der Waals surface area contributed by atoms with E-state index in [1.807, 2.05) is 0 Å². The Morgan fingerprint density at radius 2 is 1.69 bits per heavy atom. The van der Waals surface area contributed by atoms with Crippen LogP contribution in [0, 0.1) is 0 Å². The summed E-state index contributed by atoms with van der Waals surface area (Å²) in [6, 6.07) is 10.0. The number of benzene rings is 2. The van der Waals surface area contributed by atoms with Crippen molar-refractivity contribution in [2.75, 3.05) is 0 Å². The fourth-order valence-corrected chi connectivity index (χ4v) is 3.94. The highest BCUT2D eigenvalue weighted by molar-refractivity contribution is 6.30. The SMILES string of the molecule is C[C@H](O)c1nc(Cn2cc(-c3ccc(Cl)cc3)n(CC(O)C(F)(F)F)c2=O)nn1-c1cccc(C(F)(F)F)c1. The lowest BCUT2D eigenvalue weighted by Crippen LogP contribution is -2.37. The minimum atomic E-state index is -4.99. The Morgan fingerprint density at radius 3 is 2.28 bits per heavy atom. The smallest absolute Gasteiger partial charge is 0.385 e. The summed E-state index contributed by atoms with van der Waals surface area (Å²) in [4.78, 5) is 17.3. The number of halogens is 7. The van der Waals surface area contributed by atoms with Gasteiger partial charge in [-0.1, -0.05) is 29.8 Å². The average molecular weight is 576 g/mol. The maximum absolute atomic E-state index is 13.2. The first-order valence-electron chi connectivity index (χ1n) is 11.3. The second kappa shape index (κ2) is 10.5. The number of rotatable bonds is 7. The lowest BCUT2D eigenvalue weighted by Gasteiger charge is -2.16. The van der Waals surface area contributed by atoms with Crippen LogP contribution in [0.1, 0.15) is 30.2 Å². The van der Waals surface area contributed by atoms with Crippen molar-refractivity contribution in [3.05, 3.63) is 87.4 Å². The molecule has 2 aromatic carbocycles. The van der Waals surface area contributed by atoms with Crippen molar-refractivity contribution in [1.82, 2.24) is 23.9 Å². The molecule has 0 saturated heterocycles. The van der Waals surface area contributed by atoms with Gasteiger partial charge in [-0.05, 0) is 42.8 Å². The molecule has 0 fully saturated rings. The van der Waals surface area contributed by atoms with Gasteiger partial charge < -0.3 is 10.2 Å². The van der Waals surface area contributed by atoms with Gasteiger partial charge >= 0.3 is 18.0 Å². The van der Waals surface area contributed by atoms with Crippen LogP contribution in [0.3, 0.4) is 0 Å². The number of imidazole rings is 1. The third-order valence-electron chi connectivity index (χ3n) is 5.70. The minimum absolute atomic E-state index is 0.0352. The van der Waals surface area contributed by atoms with Crippen molar-refractivity contribution in [2.24, 2.45) is 0 Å². The van der Waals surface area contributed by atoms with Crippen molar-refractivity contribution in [1.29, 1.82) is 0 Å². The summed E-state index contributed by atoms with van der Waals surface area (Å²) in [6.07, 6.45) is -12.5. The van der Waals surface area contributed by atoms with E-state index in [9.17, 15) is 41.4 Å². The molecule has 0 aliphatic heterocycles. The van der Waals surface area contributed by atoms with E-state index in [-0.39, 0.29) is 23.0 Å². The number of aliphatic hydroxyl groups is 2. The van der Waals surface area contributed by atoms with Gasteiger partial charge in [0.15, 0.2) is 17.8 Å². The molecular weight excluding hydrogens is 556 g/mol. The first-order chi connectivity index (χ1) is 18.1. The van der Waals surface area contributed by atoms with Gasteiger partial charge in [-0.3, -0.25) is 9.13 Å². The Balaban J connectivity index is 1.77. The quantitative estimate of drug-likeness (QED) is 0.314. The van der Waals surface area contributed by atoms with E-state index in [4.69, 9.17) is 11.6 Å². The number of nitrogens with zero attached hydrogens (tertiary/aromatic N) is 5. The predicted octanol–water partition coefficient (Wildman–Crippen LogP) is 4.59. The summed E-state index contributed by atoms with van der Waals surface area (Å²) in [5.74, 6) is -0.233. The Hall–Kier alpha value is -3.62. The normalized spacial score (nSPS) is 14.0. The molecule has 4 rings (SSSR count). The van der Waals surface area contributed by atoms with E-state index in [0.717, 1.165) is 32.0 Å². The summed E-state index contributed by atoms with van der Waals surface area (Å²) in [6.45, 7) is -0.184. The lowest BCUT2D eigenvalue weighted by atomic mass is 10.1. The van der Waals surface area contributed by atoms with E-state index in [1.165, 1.54) is 43.5 Å². The van der Waals surface area contributed by atoms with Crippen molar-refractivity contribution in [3.8, 4) is 16.9 Å². The Kier molecular flexibility index (Phi) is 7.65. The Bertz CT molecular complexity index is 1520. The zero-order valence-electron chi connectivity index (χ0n) is 19.9. The predicted molar refractivity (Wildman–Crippen MR) is 127 cm³/mol. The molecule has 0 bridgehead atoms. The summed E-state index contributed by atoms with van der Waals surface area (Å²) in [5.41, 5.74) is -1.58. The molecule has 15 heteroatoms. The number of hydrogen-bond acceptors (Lipinski definition) is 5. The van der Waals surface area contributed by atoms with Crippen LogP contribution in [-0.4, -0.2) is 46.4 Å². The molecule has 0 spiro atoms. The van der Waals surface area contributed by atoms with Gasteiger partial charge in [0.05, 0.1) is 30.0 Å². The number of aliphatic hydroxyl groups excluding tert-OH is 2. The molecule has 2 heterocycles. The summed E-state index contributed by atoms with van der Waals surface area (Å²) in [7, 11) is 0. The first kappa shape index (κ1) is 28.4. The third kappa shape index (κ3) is 6.18. The third-order valence-corrected chi connectivity index (χ3v) is 5.95. The molecule has 0 amide bonds. The standard InChI is InChI=1S/C24H20ClF6N5O3/c1-13(37)21-32-20(33-36(21)17-4-2-3-15(9-17)23(26,27)28)12-34-10-18(14-5-7-16(25)8-6-14)35(22(34)39)11-19(38)24(29,30)31/h2-10,13,19,37-38H,11-12H2,1H3/t13-,19?/m0/s1. The molecular formula is C24H20ClF6N5O3. The van der Waals surface area contributed by atoms with Crippen LogP contribution in [0.15, 0.2) is 59.5 Å². The van der Waals surface area contributed by atoms with Gasteiger partial charge in [-0.2, -0.15) is 26.3 Å². The second-order valence-corrected chi connectivity index (χ2v) is 9.06. The average Bonchev–Trinajstić information content (AvgIpc) is 3.41. The molecule has 208 valence electrons. The van der Waals surface area contributed by atoms with Crippen molar-refractivity contribution < 1.29 is 36.6 Å². The zero-order chi connectivity index (χ0) is 28.7. The second-order valence-electron chi connectivity index (χ2n) is 8.62. The Morgan fingerprint density at radius 1 is 1.03 bits per heavy atom. The molecule has 0 aliphatic carbocycles. The van der Waals surface area contributed by atoms with Crippen LogP contribution >= 0.6 is 11.6 Å². The highest BCUT2D eigenvalue weighted by atomic mass is 35.5. The van der Waals surface area contributed by atoms with Gasteiger partial charge in [0.2, 0.25) is 0 Å². The van der Waals surface area contributed by atoms with E-state index in [1.54, 1.807) is 0 Å². The van der Waals surface area contributed by atoms with Crippen LogP contribution in [-0.2, 0) is 19.3 Å². The first-order valence-corrected chi connectivity index (χ1v) is 11.6. The van der Waals surface area contributed by atoms with Gasteiger partial charge in [-0.15, -0.1) is 5.10 Å². The molecule has 1 unspecified atom stereocenters. The molecule has 39 heavy (non-hydrogen) atoms. The van der Waals surface area contributed by atoms with Gasteiger partial charge in [0.1, 0.15) is 6.10 Å². The number of hydrogen-bond donors (Lipinski definition) is 2. The fraction of sp³-hybridized carbons (Fsp3) is 0.292. The van der Waals surface area contributed by atoms with Crippen LogP contribution in [0.25, 0.3) is 16.9 Å². The van der Waals surface area contributed by atoms with Crippen LogP contribution in [0.5, 0.6) is 0 Å². The molecule has 0 aliphatic rings. The topological polar surface area (TPSA) is 98.1 Å². The summed E-state index contributed by atoms with van der Waals surface area (Å²) in [5, 5.41) is 24.3. The van der Waals surface area contributed by atoms with E-state index >= 15 is 0 Å². The molecule has 0 radical (unpaired) electrons. The maximum Gasteiger partial charge on any atom is 0.416 e. The molecule has 8 nitrogen and oxygen atoms in total. The fourth-order valence-electron chi connectivity index (χ4n) is 3.81. The minimum Gasteiger partial charge on any atom is -0.385 e. The highest BCUT2D eigenvalue weighted by Crippen LogP contribution is 2.31. The lowest BCUT2D eigenvalue weighted by molar-refractivity contribution is -0.207. The van der Waals surface area contributed by atoms with Crippen LogP contribution < -0.4 is 5.69 Å². The monoisotopic (exact) mass is 575 g/mol. The Labute approximate surface area is 221 Å². The highest BCUT2D eigenvalue weighted by Gasteiger charge is 2.39. The van der Waals surface area contributed by atoms with Gasteiger partial charge in [-0.25, -0.2) is 14.5 Å². The zero-order valence-corrected chi connectivity index (χ0v) is 20.7. The van der Waals surface area contributed by atoms with Crippen molar-refractivity contribution in [2.45, 2.75) is 44.6 Å². The van der Waals surface area contributed by atoms with Gasteiger partial charge in [0.25, 0.3) is 0 Å². The van der Waals surface area contributed by atoms with E-state index in [2.05, 4.69) is 10.1 Å². The maximum atomic E-state index is 13.2. The molecule has 0 saturated carbocycles. The van der Waals surface area contributed by atoms with Crippen molar-refractivity contribution >= 4 is 11.6 Å². The van der Waals surface area contributed by atoms with E-state index < -0.39 is 48.9 Å². The molecule has 2 N–H and O–H groups in total. The summed E-state index contributed by atoms with van der Waals surface area (Å²) >= 11 is 5.89. The van der Waals surface area contributed by atoms with E-state index in [0.29, 0.717) is 10.6 Å². The van der Waals surface area contributed by atoms with Gasteiger partial charge in [0, 0.05) is 11.2 Å². The van der Waals surface area contributed by atoms with Crippen LogP contribution in [0.4, 0.5) is 26.3 Å². The largest absolute Gasteiger partial charge is 0.416 e. The number of aromatic nitrogens is 5. The molecule has 4 aromatic rings. The molecule has 2 atom stereocenters. The van der Waals surface area contributed by atoms with Crippen LogP contribution in [0.2, 0.25) is 5.02 Å². The summed E-state index contributed by atoms with van der Waals surface area (Å²) < 4.78 is 81.6.